The van der Waals surface area contributed by atoms with Crippen molar-refractivity contribution in [1.82, 2.24) is 9.62 Å². The Morgan fingerprint density at radius 3 is 2.72 bits per heavy atom. The molecule has 0 fully saturated rings. The summed E-state index contributed by atoms with van der Waals surface area (Å²) >= 11 is 1.82. The van der Waals surface area contributed by atoms with Crippen LogP contribution in [0, 0.1) is 0 Å². The molecule has 1 aromatic heterocycles. The summed E-state index contributed by atoms with van der Waals surface area (Å²) in [5.74, 6) is 0.450. The van der Waals surface area contributed by atoms with Gasteiger partial charge in [-0.2, -0.15) is 0 Å². The second-order valence-electron chi connectivity index (χ2n) is 6.67. The molecule has 136 valence electrons. The van der Waals surface area contributed by atoms with Crippen LogP contribution in [0.3, 0.4) is 0 Å². The second-order valence-corrected chi connectivity index (χ2v) is 9.44. The van der Waals surface area contributed by atoms with Crippen molar-refractivity contribution >= 4 is 21.4 Å². The Labute approximate surface area is 154 Å². The third-order valence-electron chi connectivity index (χ3n) is 4.98. The zero-order valence-corrected chi connectivity index (χ0v) is 16.5. The van der Waals surface area contributed by atoms with Crippen molar-refractivity contribution in [1.29, 1.82) is 0 Å². The summed E-state index contributed by atoms with van der Waals surface area (Å²) in [5.41, 5.74) is 2.57. The molecule has 2 aromatic rings. The maximum absolute atomic E-state index is 12.5. The van der Waals surface area contributed by atoms with E-state index in [2.05, 4.69) is 34.9 Å². The van der Waals surface area contributed by atoms with E-state index >= 15 is 0 Å². The highest BCUT2D eigenvalue weighted by molar-refractivity contribution is 7.89. The molecule has 3 rings (SSSR count). The van der Waals surface area contributed by atoms with E-state index in [0.29, 0.717) is 17.4 Å². The van der Waals surface area contributed by atoms with Gasteiger partial charge in [-0.15, -0.1) is 11.3 Å². The molecule has 0 bridgehead atoms. The van der Waals surface area contributed by atoms with Crippen LogP contribution < -0.4 is 4.72 Å². The van der Waals surface area contributed by atoms with Crippen LogP contribution in [0.15, 0.2) is 40.6 Å². The van der Waals surface area contributed by atoms with Crippen LogP contribution >= 0.6 is 11.3 Å². The Balaban J connectivity index is 1.54. The molecule has 1 aromatic carbocycles. The average molecular weight is 379 g/mol. The highest BCUT2D eigenvalue weighted by atomic mass is 32.2. The molecule has 6 heteroatoms. The number of hydrogen-bond acceptors (Lipinski definition) is 4. The molecular formula is C19H26N2O2S2. The fourth-order valence-electron chi connectivity index (χ4n) is 3.13. The van der Waals surface area contributed by atoms with Gasteiger partial charge < -0.3 is 0 Å². The molecule has 1 aliphatic rings. The van der Waals surface area contributed by atoms with Crippen LogP contribution in [0.5, 0.6) is 0 Å². The predicted octanol–water partition coefficient (Wildman–Crippen LogP) is 3.60. The van der Waals surface area contributed by atoms with Crippen molar-refractivity contribution in [2.24, 2.45) is 0 Å². The van der Waals surface area contributed by atoms with E-state index in [4.69, 9.17) is 0 Å². The molecule has 0 spiro atoms. The van der Waals surface area contributed by atoms with E-state index in [9.17, 15) is 8.42 Å². The van der Waals surface area contributed by atoms with Crippen molar-refractivity contribution in [2.75, 3.05) is 19.6 Å². The summed E-state index contributed by atoms with van der Waals surface area (Å²) in [6.45, 7) is 7.38. The molecule has 1 aliphatic heterocycles. The van der Waals surface area contributed by atoms with Gasteiger partial charge in [0.2, 0.25) is 10.0 Å². The monoisotopic (exact) mass is 378 g/mol. The fourth-order valence-corrected chi connectivity index (χ4v) is 5.04. The van der Waals surface area contributed by atoms with Gasteiger partial charge >= 0.3 is 0 Å². The number of fused-ring (bicyclic) bond motifs is 1. The van der Waals surface area contributed by atoms with Crippen LogP contribution in [0.1, 0.15) is 42.2 Å². The molecule has 0 aliphatic carbocycles. The zero-order valence-electron chi connectivity index (χ0n) is 14.9. The minimum Gasteiger partial charge on any atom is -0.297 e. The van der Waals surface area contributed by atoms with Gasteiger partial charge in [0.15, 0.2) is 0 Å². The van der Waals surface area contributed by atoms with E-state index in [1.54, 1.807) is 12.1 Å². The lowest BCUT2D eigenvalue weighted by molar-refractivity contribution is 0.260. The van der Waals surface area contributed by atoms with E-state index in [1.807, 2.05) is 23.5 Å². The van der Waals surface area contributed by atoms with E-state index < -0.39 is 10.0 Å². The highest BCUT2D eigenvalue weighted by Crippen LogP contribution is 2.24. The van der Waals surface area contributed by atoms with Gasteiger partial charge in [0, 0.05) is 31.1 Å². The Kier molecular flexibility index (Phi) is 5.94. The number of thiophene rings is 1. The zero-order chi connectivity index (χ0) is 17.9. The lowest BCUT2D eigenvalue weighted by Gasteiger charge is -2.26. The average Bonchev–Trinajstić information content (AvgIpc) is 3.09. The first-order valence-electron chi connectivity index (χ1n) is 8.87. The van der Waals surface area contributed by atoms with Gasteiger partial charge in [0.25, 0.3) is 0 Å². The van der Waals surface area contributed by atoms with Crippen molar-refractivity contribution < 1.29 is 8.42 Å². The summed E-state index contributed by atoms with van der Waals surface area (Å²) in [5, 5.41) is 2.14. The van der Waals surface area contributed by atoms with Gasteiger partial charge in [-0.3, -0.25) is 4.90 Å². The quantitative estimate of drug-likeness (QED) is 0.801. The SMILES string of the molecule is CCC(C)c1ccc(S(=O)(=O)NCCN2CCc3sccc3C2)cc1. The van der Waals surface area contributed by atoms with Crippen molar-refractivity contribution in [2.45, 2.75) is 44.0 Å². The number of hydrogen-bond donors (Lipinski definition) is 1. The Morgan fingerprint density at radius 2 is 2.00 bits per heavy atom. The highest BCUT2D eigenvalue weighted by Gasteiger charge is 2.18. The van der Waals surface area contributed by atoms with Crippen molar-refractivity contribution in [3.63, 3.8) is 0 Å². The molecule has 4 nitrogen and oxygen atoms in total. The minimum absolute atomic E-state index is 0.346. The van der Waals surface area contributed by atoms with Gasteiger partial charge in [0.05, 0.1) is 4.90 Å². The largest absolute Gasteiger partial charge is 0.297 e. The number of nitrogens with zero attached hydrogens (tertiary/aromatic N) is 1. The van der Waals surface area contributed by atoms with Crippen molar-refractivity contribution in [3.05, 3.63) is 51.7 Å². The van der Waals surface area contributed by atoms with Gasteiger partial charge in [0.1, 0.15) is 0 Å². The first-order chi connectivity index (χ1) is 12.0. The summed E-state index contributed by atoms with van der Waals surface area (Å²) < 4.78 is 27.6. The second kappa shape index (κ2) is 7.99. The smallest absolute Gasteiger partial charge is 0.240 e. The fraction of sp³-hybridized carbons (Fsp3) is 0.474. The number of rotatable bonds is 7. The maximum Gasteiger partial charge on any atom is 0.240 e. The predicted molar refractivity (Wildman–Crippen MR) is 104 cm³/mol. The molecule has 2 heterocycles. The standard InChI is InChI=1S/C19H26N2O2S2/c1-3-15(2)16-4-6-18(7-5-16)25(22,23)20-10-12-21-11-8-19-17(14-21)9-13-24-19/h4-7,9,13,15,20H,3,8,10-12,14H2,1-2H3. The van der Waals surface area contributed by atoms with E-state index in [-0.39, 0.29) is 0 Å². The Bertz CT molecular complexity index is 797. The molecule has 0 radical (unpaired) electrons. The molecule has 1 atom stereocenters. The number of nitrogens with one attached hydrogen (secondary N) is 1. The Hall–Kier alpha value is -1.21. The third kappa shape index (κ3) is 4.50. The van der Waals surface area contributed by atoms with Crippen molar-refractivity contribution in [3.8, 4) is 0 Å². The normalized spacial score (nSPS) is 16.6. The van der Waals surface area contributed by atoms with Crippen LogP contribution in [0.4, 0.5) is 0 Å². The molecule has 1 unspecified atom stereocenters. The van der Waals surface area contributed by atoms with Crippen LogP contribution in [-0.4, -0.2) is 33.0 Å². The molecule has 0 saturated carbocycles. The molecular weight excluding hydrogens is 352 g/mol. The number of sulfonamides is 1. The van der Waals surface area contributed by atoms with Crippen LogP contribution in [0.2, 0.25) is 0 Å². The van der Waals surface area contributed by atoms with Gasteiger partial charge in [-0.1, -0.05) is 26.0 Å². The van der Waals surface area contributed by atoms with E-state index in [1.165, 1.54) is 16.0 Å². The molecule has 25 heavy (non-hydrogen) atoms. The maximum atomic E-state index is 12.5. The molecule has 0 amide bonds. The van der Waals surface area contributed by atoms with Gasteiger partial charge in [-0.05, 0) is 53.5 Å². The summed E-state index contributed by atoms with van der Waals surface area (Å²) in [6, 6.07) is 9.44. The first-order valence-corrected chi connectivity index (χ1v) is 11.2. The van der Waals surface area contributed by atoms with Gasteiger partial charge in [-0.25, -0.2) is 13.1 Å². The van der Waals surface area contributed by atoms with E-state index in [0.717, 1.165) is 32.5 Å². The molecule has 1 N–H and O–H groups in total. The summed E-state index contributed by atoms with van der Waals surface area (Å²) in [7, 11) is -3.43. The third-order valence-corrected chi connectivity index (χ3v) is 7.48. The van der Waals surface area contributed by atoms with Crippen LogP contribution in [0.25, 0.3) is 0 Å². The lowest BCUT2D eigenvalue weighted by atomic mass is 9.99. The summed E-state index contributed by atoms with van der Waals surface area (Å²) in [4.78, 5) is 4.13. The topological polar surface area (TPSA) is 49.4 Å². The Morgan fingerprint density at radius 1 is 1.24 bits per heavy atom. The molecule has 0 saturated heterocycles. The lowest BCUT2D eigenvalue weighted by Crippen LogP contribution is -2.37. The first kappa shape index (κ1) is 18.6. The van der Waals surface area contributed by atoms with Crippen LogP contribution in [-0.2, 0) is 23.0 Å². The number of benzene rings is 1. The minimum atomic E-state index is -3.43. The summed E-state index contributed by atoms with van der Waals surface area (Å²) in [6.07, 6.45) is 2.11.